The minimum Gasteiger partial charge on any atom is -0.308 e. The first-order valence-electron chi connectivity index (χ1n) is 9.47. The summed E-state index contributed by atoms with van der Waals surface area (Å²) in [4.78, 5) is 20.8. The first-order chi connectivity index (χ1) is 14.2. The van der Waals surface area contributed by atoms with E-state index in [0.717, 1.165) is 5.56 Å². The molecule has 0 spiro atoms. The highest BCUT2D eigenvalue weighted by Crippen LogP contribution is 2.30. The van der Waals surface area contributed by atoms with Crippen molar-refractivity contribution in [1.82, 2.24) is 9.88 Å². The Morgan fingerprint density at radius 2 is 1.77 bits per heavy atom. The molecule has 1 heterocycles. The van der Waals surface area contributed by atoms with E-state index in [1.54, 1.807) is 36.4 Å². The Kier molecular flexibility index (Phi) is 8.53. The summed E-state index contributed by atoms with van der Waals surface area (Å²) in [5.41, 5.74) is 1.18. The van der Waals surface area contributed by atoms with Crippen LogP contribution in [0.5, 0.6) is 0 Å². The number of likely N-dealkylation sites (N-methyl/N-ethyl adjacent to an activating group) is 1. The normalized spacial score (nSPS) is 11.5. The summed E-state index contributed by atoms with van der Waals surface area (Å²) in [6.07, 6.45) is -0.179. The van der Waals surface area contributed by atoms with Gasteiger partial charge in [0.1, 0.15) is 11.3 Å². The standard InChI is InChI=1S/C21H24FN3O3S2.ClH/c1-15-7-9-16(10-8-15)30(27,28)14-11-19(26)25(13-12-24(2)3)21-23-20-17(22)5-4-6-18(20)29-21;/h4-10H,11-14H2,1-3H3;1H. The number of carbonyl (C=O) groups is 1. The van der Waals surface area contributed by atoms with E-state index in [-0.39, 0.29) is 40.9 Å². The molecule has 3 aromatic rings. The maximum absolute atomic E-state index is 14.1. The summed E-state index contributed by atoms with van der Waals surface area (Å²) in [7, 11) is 0.170. The molecule has 0 atom stereocenters. The van der Waals surface area contributed by atoms with Gasteiger partial charge in [-0.3, -0.25) is 9.69 Å². The van der Waals surface area contributed by atoms with Gasteiger partial charge in [-0.1, -0.05) is 35.1 Å². The van der Waals surface area contributed by atoms with E-state index in [1.165, 1.54) is 22.3 Å². The number of anilines is 1. The van der Waals surface area contributed by atoms with E-state index in [1.807, 2.05) is 25.9 Å². The SMILES string of the molecule is Cc1ccc(S(=O)(=O)CCC(=O)N(CCN(C)C)c2nc3c(F)cccc3s2)cc1.Cl. The number of sulfone groups is 1. The van der Waals surface area contributed by atoms with Gasteiger partial charge < -0.3 is 4.90 Å². The van der Waals surface area contributed by atoms with Gasteiger partial charge in [0.25, 0.3) is 0 Å². The Balaban J connectivity index is 0.00000341. The molecule has 6 nitrogen and oxygen atoms in total. The molecule has 2 aromatic carbocycles. The van der Waals surface area contributed by atoms with E-state index in [4.69, 9.17) is 0 Å². The van der Waals surface area contributed by atoms with Gasteiger partial charge in [0.15, 0.2) is 15.0 Å². The molecule has 0 unspecified atom stereocenters. The van der Waals surface area contributed by atoms with Crippen molar-refractivity contribution in [3.8, 4) is 0 Å². The fourth-order valence-electron chi connectivity index (χ4n) is 2.87. The summed E-state index contributed by atoms with van der Waals surface area (Å²) < 4.78 is 39.9. The Morgan fingerprint density at radius 1 is 1.10 bits per heavy atom. The van der Waals surface area contributed by atoms with E-state index in [2.05, 4.69) is 4.98 Å². The zero-order valence-electron chi connectivity index (χ0n) is 17.5. The Bertz CT molecular complexity index is 1150. The molecular formula is C21H25ClFN3O3S2. The fourth-order valence-corrected chi connectivity index (χ4v) is 5.12. The van der Waals surface area contributed by atoms with Crippen molar-refractivity contribution < 1.29 is 17.6 Å². The van der Waals surface area contributed by atoms with E-state index >= 15 is 0 Å². The van der Waals surface area contributed by atoms with Crippen LogP contribution in [0.15, 0.2) is 47.4 Å². The van der Waals surface area contributed by atoms with Crippen LogP contribution >= 0.6 is 23.7 Å². The van der Waals surface area contributed by atoms with Gasteiger partial charge in [-0.15, -0.1) is 12.4 Å². The average molecular weight is 486 g/mol. The molecule has 0 aliphatic heterocycles. The van der Waals surface area contributed by atoms with Crippen molar-refractivity contribution in [2.45, 2.75) is 18.2 Å². The molecule has 0 radical (unpaired) electrons. The highest BCUT2D eigenvalue weighted by atomic mass is 35.5. The van der Waals surface area contributed by atoms with Gasteiger partial charge in [-0.05, 0) is 45.3 Å². The van der Waals surface area contributed by atoms with Gasteiger partial charge in [-0.25, -0.2) is 17.8 Å². The van der Waals surface area contributed by atoms with Crippen molar-refractivity contribution in [3.05, 3.63) is 53.8 Å². The predicted molar refractivity (Wildman–Crippen MR) is 126 cm³/mol. The maximum Gasteiger partial charge on any atom is 0.229 e. The van der Waals surface area contributed by atoms with Crippen LogP contribution in [0, 0.1) is 12.7 Å². The number of hydrogen-bond acceptors (Lipinski definition) is 6. The first kappa shape index (κ1) is 25.2. The quantitative estimate of drug-likeness (QED) is 0.483. The van der Waals surface area contributed by atoms with Crippen LogP contribution in [0.4, 0.5) is 9.52 Å². The van der Waals surface area contributed by atoms with Crippen molar-refractivity contribution in [1.29, 1.82) is 0 Å². The Morgan fingerprint density at radius 3 is 2.39 bits per heavy atom. The molecule has 0 saturated heterocycles. The van der Waals surface area contributed by atoms with Gasteiger partial charge in [-0.2, -0.15) is 0 Å². The van der Waals surface area contributed by atoms with Gasteiger partial charge in [0, 0.05) is 19.5 Å². The lowest BCUT2D eigenvalue weighted by atomic mass is 10.2. The van der Waals surface area contributed by atoms with Crippen LogP contribution in [0.3, 0.4) is 0 Å². The van der Waals surface area contributed by atoms with Crippen molar-refractivity contribution >= 4 is 54.8 Å². The van der Waals surface area contributed by atoms with E-state index in [0.29, 0.717) is 22.9 Å². The van der Waals surface area contributed by atoms with Crippen LogP contribution in [0.25, 0.3) is 10.2 Å². The molecule has 0 aliphatic carbocycles. The number of aryl methyl sites for hydroxylation is 1. The molecule has 168 valence electrons. The minimum atomic E-state index is -3.59. The third-order valence-electron chi connectivity index (χ3n) is 4.63. The van der Waals surface area contributed by atoms with E-state index in [9.17, 15) is 17.6 Å². The molecule has 1 amide bonds. The number of rotatable bonds is 8. The second kappa shape index (κ2) is 10.5. The molecule has 1 aromatic heterocycles. The number of aromatic nitrogens is 1. The summed E-state index contributed by atoms with van der Waals surface area (Å²) in [6.45, 7) is 2.77. The lowest BCUT2D eigenvalue weighted by molar-refractivity contribution is -0.118. The Labute approximate surface area is 192 Å². The largest absolute Gasteiger partial charge is 0.308 e. The summed E-state index contributed by atoms with van der Waals surface area (Å²) in [6, 6.07) is 11.2. The first-order valence-corrected chi connectivity index (χ1v) is 11.9. The molecule has 10 heteroatoms. The third-order valence-corrected chi connectivity index (χ3v) is 7.40. The average Bonchev–Trinajstić information content (AvgIpc) is 3.12. The zero-order chi connectivity index (χ0) is 21.9. The van der Waals surface area contributed by atoms with E-state index < -0.39 is 15.7 Å². The van der Waals surface area contributed by atoms with Gasteiger partial charge in [0.2, 0.25) is 5.91 Å². The number of para-hydroxylation sites is 1. The molecule has 0 aliphatic rings. The topological polar surface area (TPSA) is 70.6 Å². The number of nitrogens with zero attached hydrogens (tertiary/aromatic N) is 3. The molecule has 3 rings (SSSR count). The molecule has 0 bridgehead atoms. The molecule has 0 N–H and O–H groups in total. The number of fused-ring (bicyclic) bond motifs is 1. The maximum atomic E-state index is 14.1. The monoisotopic (exact) mass is 485 g/mol. The molecule has 0 saturated carbocycles. The molecule has 31 heavy (non-hydrogen) atoms. The summed E-state index contributed by atoms with van der Waals surface area (Å²) in [5, 5.41) is 0.370. The van der Waals surface area contributed by atoms with Crippen molar-refractivity contribution in [2.24, 2.45) is 0 Å². The number of halogens is 2. The van der Waals surface area contributed by atoms with Crippen molar-refractivity contribution in [2.75, 3.05) is 37.8 Å². The highest BCUT2D eigenvalue weighted by molar-refractivity contribution is 7.91. The summed E-state index contributed by atoms with van der Waals surface area (Å²) in [5.74, 6) is -1.10. The van der Waals surface area contributed by atoms with Gasteiger partial charge in [0.05, 0.1) is 15.3 Å². The smallest absolute Gasteiger partial charge is 0.229 e. The second-order valence-electron chi connectivity index (χ2n) is 7.31. The summed E-state index contributed by atoms with van der Waals surface area (Å²) >= 11 is 1.22. The predicted octanol–water partition coefficient (Wildman–Crippen LogP) is 3.92. The molecule has 0 fully saturated rings. The minimum absolute atomic E-state index is 0. The van der Waals surface area contributed by atoms with Crippen molar-refractivity contribution in [3.63, 3.8) is 0 Å². The van der Waals surface area contributed by atoms with Crippen LogP contribution in [-0.2, 0) is 14.6 Å². The second-order valence-corrected chi connectivity index (χ2v) is 10.4. The number of amides is 1. The van der Waals surface area contributed by atoms with Crippen LogP contribution in [-0.4, -0.2) is 57.1 Å². The third kappa shape index (κ3) is 6.22. The number of carbonyl (C=O) groups excluding carboxylic acids is 1. The fraction of sp³-hybridized carbons (Fsp3) is 0.333. The zero-order valence-corrected chi connectivity index (χ0v) is 20.0. The van der Waals surface area contributed by atoms with Crippen LogP contribution in [0.1, 0.15) is 12.0 Å². The van der Waals surface area contributed by atoms with Crippen LogP contribution < -0.4 is 4.90 Å². The number of benzene rings is 2. The lowest BCUT2D eigenvalue weighted by Crippen LogP contribution is -2.37. The van der Waals surface area contributed by atoms with Gasteiger partial charge >= 0.3 is 0 Å². The number of thiazole rings is 1. The Hall–Kier alpha value is -2.07. The molecular weight excluding hydrogens is 461 g/mol. The lowest BCUT2D eigenvalue weighted by Gasteiger charge is -2.22. The van der Waals surface area contributed by atoms with Crippen LogP contribution in [0.2, 0.25) is 0 Å². The number of hydrogen-bond donors (Lipinski definition) is 0. The highest BCUT2D eigenvalue weighted by Gasteiger charge is 2.23.